The molecule has 3 atom stereocenters. The Kier molecular flexibility index (Phi) is 6.53. The third-order valence-corrected chi connectivity index (χ3v) is 6.33. The largest absolute Gasteiger partial charge is 0.380 e. The zero-order chi connectivity index (χ0) is 13.2. The van der Waals surface area contributed by atoms with Gasteiger partial charge in [-0.15, -0.1) is 12.4 Å². The number of ether oxygens (including phenoxy) is 1. The lowest BCUT2D eigenvalue weighted by atomic mass is 9.93. The molecule has 0 radical (unpaired) electrons. The number of hydrogen-bond donors (Lipinski definition) is 1. The summed E-state index contributed by atoms with van der Waals surface area (Å²) in [5.41, 5.74) is 5.90. The third kappa shape index (κ3) is 4.04. The van der Waals surface area contributed by atoms with Crippen LogP contribution in [0, 0.1) is 5.92 Å². The van der Waals surface area contributed by atoms with Crippen molar-refractivity contribution in [1.29, 1.82) is 0 Å². The Hall–Kier alpha value is 0.120. The Morgan fingerprint density at radius 2 is 2.05 bits per heavy atom. The Labute approximate surface area is 122 Å². The van der Waals surface area contributed by atoms with Crippen LogP contribution in [-0.4, -0.2) is 50.3 Å². The molecule has 2 fully saturated rings. The summed E-state index contributed by atoms with van der Waals surface area (Å²) in [6.45, 7) is 4.22. The number of sulfonamides is 1. The normalized spacial score (nSPS) is 31.5. The molecule has 2 N–H and O–H groups in total. The Balaban J connectivity index is 0.00000180. The van der Waals surface area contributed by atoms with Gasteiger partial charge in [0.05, 0.1) is 11.9 Å². The molecule has 0 aliphatic carbocycles. The van der Waals surface area contributed by atoms with Crippen LogP contribution in [0.3, 0.4) is 0 Å². The summed E-state index contributed by atoms with van der Waals surface area (Å²) in [5.74, 6) is 0.290. The summed E-state index contributed by atoms with van der Waals surface area (Å²) in [6.07, 6.45) is 3.51. The molecular weight excluding hydrogens is 288 g/mol. The van der Waals surface area contributed by atoms with Crippen molar-refractivity contribution in [3.05, 3.63) is 0 Å². The lowest BCUT2D eigenvalue weighted by molar-refractivity contribution is 0.0965. The molecule has 0 spiro atoms. The van der Waals surface area contributed by atoms with Gasteiger partial charge in [0.1, 0.15) is 0 Å². The number of nitrogens with zero attached hydrogens (tertiary/aromatic N) is 1. The van der Waals surface area contributed by atoms with E-state index in [1.54, 1.807) is 4.31 Å². The highest BCUT2D eigenvalue weighted by Gasteiger charge is 2.36. The van der Waals surface area contributed by atoms with Gasteiger partial charge in [-0.1, -0.05) is 0 Å². The number of rotatable bonds is 3. The van der Waals surface area contributed by atoms with Crippen LogP contribution in [0.4, 0.5) is 0 Å². The predicted octanol–water partition coefficient (Wildman–Crippen LogP) is 0.976. The first-order chi connectivity index (χ1) is 8.51. The second-order valence-electron chi connectivity index (χ2n) is 5.50. The van der Waals surface area contributed by atoms with Crippen molar-refractivity contribution in [2.75, 3.05) is 26.3 Å². The molecule has 5 nitrogen and oxygen atoms in total. The molecule has 2 saturated heterocycles. The molecule has 3 unspecified atom stereocenters. The molecule has 2 aliphatic heterocycles. The Morgan fingerprint density at radius 1 is 1.32 bits per heavy atom. The SMILES string of the molecule is CC(N)C1CCCN(S(=O)(=O)C2CCCOC2)C1.Cl. The van der Waals surface area contributed by atoms with E-state index < -0.39 is 10.0 Å². The molecule has 2 aliphatic rings. The lowest BCUT2D eigenvalue weighted by Gasteiger charge is -2.36. The first-order valence-electron chi connectivity index (χ1n) is 6.84. The van der Waals surface area contributed by atoms with Crippen molar-refractivity contribution in [1.82, 2.24) is 4.31 Å². The fourth-order valence-corrected chi connectivity index (χ4v) is 4.73. The highest BCUT2D eigenvalue weighted by molar-refractivity contribution is 7.89. The monoisotopic (exact) mass is 312 g/mol. The second-order valence-corrected chi connectivity index (χ2v) is 7.72. The van der Waals surface area contributed by atoms with Gasteiger partial charge in [0.15, 0.2) is 0 Å². The van der Waals surface area contributed by atoms with Crippen LogP contribution in [0.25, 0.3) is 0 Å². The highest BCUT2D eigenvalue weighted by atomic mass is 35.5. The molecule has 7 heteroatoms. The van der Waals surface area contributed by atoms with Gasteiger partial charge in [-0.05, 0) is 38.5 Å². The molecule has 2 rings (SSSR count). The van der Waals surface area contributed by atoms with Gasteiger partial charge in [0.2, 0.25) is 10.0 Å². The number of halogens is 1. The van der Waals surface area contributed by atoms with Gasteiger partial charge in [-0.25, -0.2) is 12.7 Å². The minimum atomic E-state index is -3.20. The number of hydrogen-bond acceptors (Lipinski definition) is 4. The molecule has 0 aromatic heterocycles. The number of nitrogens with two attached hydrogens (primary N) is 1. The van der Waals surface area contributed by atoms with E-state index in [-0.39, 0.29) is 29.6 Å². The van der Waals surface area contributed by atoms with Crippen LogP contribution in [0.5, 0.6) is 0 Å². The van der Waals surface area contributed by atoms with E-state index >= 15 is 0 Å². The van der Waals surface area contributed by atoms with E-state index in [0.717, 1.165) is 25.7 Å². The predicted molar refractivity (Wildman–Crippen MR) is 78.0 cm³/mol. The zero-order valence-electron chi connectivity index (χ0n) is 11.5. The average Bonchev–Trinajstić information content (AvgIpc) is 2.40. The molecule has 0 aromatic carbocycles. The topological polar surface area (TPSA) is 72.6 Å². The lowest BCUT2D eigenvalue weighted by Crippen LogP contribution is -2.49. The van der Waals surface area contributed by atoms with E-state index in [0.29, 0.717) is 26.3 Å². The zero-order valence-corrected chi connectivity index (χ0v) is 13.1. The molecule has 114 valence electrons. The van der Waals surface area contributed by atoms with Crippen LogP contribution >= 0.6 is 12.4 Å². The van der Waals surface area contributed by atoms with Gasteiger partial charge in [0, 0.05) is 25.7 Å². The molecule has 2 heterocycles. The summed E-state index contributed by atoms with van der Waals surface area (Å²) < 4.78 is 32.0. The molecule has 0 aromatic rings. The smallest absolute Gasteiger partial charge is 0.219 e. The first-order valence-corrected chi connectivity index (χ1v) is 8.34. The molecule has 0 saturated carbocycles. The van der Waals surface area contributed by atoms with Crippen LogP contribution in [0.15, 0.2) is 0 Å². The number of piperidine rings is 1. The van der Waals surface area contributed by atoms with E-state index in [1.807, 2.05) is 6.92 Å². The van der Waals surface area contributed by atoms with Gasteiger partial charge >= 0.3 is 0 Å². The minimum Gasteiger partial charge on any atom is -0.380 e. The molecular formula is C12H25ClN2O3S. The fourth-order valence-electron chi connectivity index (χ4n) is 2.79. The van der Waals surface area contributed by atoms with Crippen LogP contribution in [0.2, 0.25) is 0 Å². The fraction of sp³-hybridized carbons (Fsp3) is 1.00. The Morgan fingerprint density at radius 3 is 2.63 bits per heavy atom. The molecule has 19 heavy (non-hydrogen) atoms. The van der Waals surface area contributed by atoms with E-state index in [9.17, 15) is 8.42 Å². The summed E-state index contributed by atoms with van der Waals surface area (Å²) in [6, 6.07) is 0.0607. The quantitative estimate of drug-likeness (QED) is 0.843. The van der Waals surface area contributed by atoms with Crippen LogP contribution < -0.4 is 5.73 Å². The van der Waals surface area contributed by atoms with E-state index in [4.69, 9.17) is 10.5 Å². The summed E-state index contributed by atoms with van der Waals surface area (Å²) in [4.78, 5) is 0. The van der Waals surface area contributed by atoms with Crippen molar-refractivity contribution in [2.24, 2.45) is 11.7 Å². The van der Waals surface area contributed by atoms with Crippen molar-refractivity contribution in [3.8, 4) is 0 Å². The van der Waals surface area contributed by atoms with Crippen molar-refractivity contribution < 1.29 is 13.2 Å². The minimum absolute atomic E-state index is 0. The van der Waals surface area contributed by atoms with Crippen molar-refractivity contribution >= 4 is 22.4 Å². The van der Waals surface area contributed by atoms with E-state index in [1.165, 1.54) is 0 Å². The highest BCUT2D eigenvalue weighted by Crippen LogP contribution is 2.25. The van der Waals surface area contributed by atoms with Crippen LogP contribution in [0.1, 0.15) is 32.6 Å². The second kappa shape index (κ2) is 7.22. The maximum Gasteiger partial charge on any atom is 0.219 e. The summed E-state index contributed by atoms with van der Waals surface area (Å²) in [5, 5.41) is -0.349. The van der Waals surface area contributed by atoms with Gasteiger partial charge in [0.25, 0.3) is 0 Å². The summed E-state index contributed by atoms with van der Waals surface area (Å²) >= 11 is 0. The first kappa shape index (κ1) is 17.2. The molecule has 0 amide bonds. The van der Waals surface area contributed by atoms with Crippen molar-refractivity contribution in [3.63, 3.8) is 0 Å². The van der Waals surface area contributed by atoms with Crippen molar-refractivity contribution in [2.45, 2.75) is 43.9 Å². The average molecular weight is 313 g/mol. The van der Waals surface area contributed by atoms with Crippen LogP contribution in [-0.2, 0) is 14.8 Å². The van der Waals surface area contributed by atoms with Gasteiger partial charge in [-0.3, -0.25) is 0 Å². The third-order valence-electron chi connectivity index (χ3n) is 4.06. The summed E-state index contributed by atoms with van der Waals surface area (Å²) in [7, 11) is -3.20. The maximum absolute atomic E-state index is 12.5. The van der Waals surface area contributed by atoms with E-state index in [2.05, 4.69) is 0 Å². The Bertz CT molecular complexity index is 369. The van der Waals surface area contributed by atoms with Gasteiger partial charge < -0.3 is 10.5 Å². The molecule has 0 bridgehead atoms. The standard InChI is InChI=1S/C12H24N2O3S.ClH/c1-10(13)11-4-2-6-14(8-11)18(15,16)12-5-3-7-17-9-12;/h10-12H,2-9,13H2,1H3;1H. The maximum atomic E-state index is 12.5. The van der Waals surface area contributed by atoms with Gasteiger partial charge in [-0.2, -0.15) is 0 Å².